The highest BCUT2D eigenvalue weighted by atomic mass is 32.2. The maximum Gasteiger partial charge on any atom is 0.327 e. The highest BCUT2D eigenvalue weighted by Gasteiger charge is 2.18. The molecule has 1 saturated heterocycles. The van der Waals surface area contributed by atoms with Crippen molar-refractivity contribution < 1.29 is 24.2 Å². The molecule has 0 aliphatic carbocycles. The van der Waals surface area contributed by atoms with Crippen LogP contribution in [0.5, 0.6) is 0 Å². The minimum Gasteiger partial charge on any atom is -0.480 e. The predicted molar refractivity (Wildman–Crippen MR) is 69.9 cm³/mol. The zero-order chi connectivity index (χ0) is 14.1. The molecule has 1 atom stereocenters. The quantitative estimate of drug-likeness (QED) is 0.506. The van der Waals surface area contributed by atoms with Crippen LogP contribution in [0.2, 0.25) is 0 Å². The lowest BCUT2D eigenvalue weighted by Crippen LogP contribution is -2.41. The number of aliphatic carboxylic acids is 1. The van der Waals surface area contributed by atoms with Crippen LogP contribution in [-0.4, -0.2) is 60.2 Å². The molecule has 0 radical (unpaired) electrons. The van der Waals surface area contributed by atoms with Crippen LogP contribution in [0.3, 0.4) is 0 Å². The van der Waals surface area contributed by atoms with Crippen LogP contribution in [0.25, 0.3) is 0 Å². The Morgan fingerprint density at radius 2 is 2.11 bits per heavy atom. The second-order valence-electron chi connectivity index (χ2n) is 4.14. The number of nitrogens with one attached hydrogen (secondary N) is 2. The minimum atomic E-state index is -1.11. The van der Waals surface area contributed by atoms with Crippen molar-refractivity contribution in [3.63, 3.8) is 0 Å². The fourth-order valence-corrected chi connectivity index (χ4v) is 2.51. The number of carbonyl (C=O) groups excluding carboxylic acids is 2. The van der Waals surface area contributed by atoms with E-state index in [1.165, 1.54) is 11.8 Å². The first-order chi connectivity index (χ1) is 9.13. The molecule has 1 aliphatic rings. The molecule has 1 rings (SSSR count). The van der Waals surface area contributed by atoms with Crippen molar-refractivity contribution in [1.82, 2.24) is 10.6 Å². The van der Waals surface area contributed by atoms with Crippen LogP contribution in [-0.2, 0) is 19.1 Å². The van der Waals surface area contributed by atoms with Gasteiger partial charge in [0.1, 0.15) is 6.04 Å². The Balaban J connectivity index is 2.18. The number of ether oxygens (including phenoxy) is 1. The number of hydrogen-bond donors (Lipinski definition) is 3. The third kappa shape index (κ3) is 6.44. The highest BCUT2D eigenvalue weighted by molar-refractivity contribution is 8.00. The maximum absolute atomic E-state index is 11.6. The Bertz CT molecular complexity index is 320. The fraction of sp³-hybridized carbons (Fsp3) is 0.727. The standard InChI is InChI=1S/C11H18N2O5S/c14-7-12-9(11(16)17)5-19-6-10(15)13-8-1-3-18-4-2-8/h7-9H,1-6H2,(H,12,14)(H,13,15)(H,16,17). The van der Waals surface area contributed by atoms with E-state index in [1.54, 1.807) is 0 Å². The number of rotatable bonds is 8. The van der Waals surface area contributed by atoms with Crippen molar-refractivity contribution in [1.29, 1.82) is 0 Å². The highest BCUT2D eigenvalue weighted by Crippen LogP contribution is 2.08. The second kappa shape index (κ2) is 8.76. The van der Waals surface area contributed by atoms with Crippen LogP contribution >= 0.6 is 11.8 Å². The van der Waals surface area contributed by atoms with Gasteiger partial charge in [-0.1, -0.05) is 0 Å². The molecule has 7 nitrogen and oxygen atoms in total. The molecule has 2 amide bonds. The lowest BCUT2D eigenvalue weighted by molar-refractivity contribution is -0.139. The number of amides is 2. The minimum absolute atomic E-state index is 0.118. The van der Waals surface area contributed by atoms with E-state index in [9.17, 15) is 14.4 Å². The fourth-order valence-electron chi connectivity index (χ4n) is 1.65. The third-order valence-electron chi connectivity index (χ3n) is 2.67. The predicted octanol–water partition coefficient (Wildman–Crippen LogP) is -0.786. The van der Waals surface area contributed by atoms with Crippen LogP contribution in [0, 0.1) is 0 Å². The summed E-state index contributed by atoms with van der Waals surface area (Å²) in [6.45, 7) is 1.31. The van der Waals surface area contributed by atoms with Crippen molar-refractivity contribution in [2.24, 2.45) is 0 Å². The number of carboxylic acids is 1. The zero-order valence-electron chi connectivity index (χ0n) is 10.5. The topological polar surface area (TPSA) is 105 Å². The Hall–Kier alpha value is -1.28. The van der Waals surface area contributed by atoms with Crippen molar-refractivity contribution in [2.45, 2.75) is 24.9 Å². The van der Waals surface area contributed by atoms with Crippen LogP contribution in [0.15, 0.2) is 0 Å². The van der Waals surface area contributed by atoms with E-state index in [0.29, 0.717) is 19.6 Å². The van der Waals surface area contributed by atoms with Gasteiger partial charge in [0.05, 0.1) is 5.75 Å². The van der Waals surface area contributed by atoms with Crippen molar-refractivity contribution in [3.05, 3.63) is 0 Å². The molecule has 0 aromatic rings. The molecule has 19 heavy (non-hydrogen) atoms. The van der Waals surface area contributed by atoms with Gasteiger partial charge in [0.25, 0.3) is 0 Å². The molecule has 3 N–H and O–H groups in total. The lowest BCUT2D eigenvalue weighted by atomic mass is 10.1. The van der Waals surface area contributed by atoms with Gasteiger partial charge in [-0.05, 0) is 12.8 Å². The van der Waals surface area contributed by atoms with Gasteiger partial charge in [0.2, 0.25) is 12.3 Å². The lowest BCUT2D eigenvalue weighted by Gasteiger charge is -2.23. The van der Waals surface area contributed by atoms with Gasteiger partial charge in [-0.25, -0.2) is 4.79 Å². The van der Waals surface area contributed by atoms with Gasteiger partial charge >= 0.3 is 5.97 Å². The van der Waals surface area contributed by atoms with E-state index in [-0.39, 0.29) is 23.5 Å². The summed E-state index contributed by atoms with van der Waals surface area (Å²) in [5.41, 5.74) is 0. The smallest absolute Gasteiger partial charge is 0.327 e. The summed E-state index contributed by atoms with van der Waals surface area (Å²) in [5.74, 6) is -0.881. The van der Waals surface area contributed by atoms with E-state index < -0.39 is 12.0 Å². The Kier molecular flexibility index (Phi) is 7.27. The van der Waals surface area contributed by atoms with E-state index in [0.717, 1.165) is 12.8 Å². The normalized spacial score (nSPS) is 17.5. The van der Waals surface area contributed by atoms with Crippen LogP contribution in [0.1, 0.15) is 12.8 Å². The number of hydrogen-bond acceptors (Lipinski definition) is 5. The van der Waals surface area contributed by atoms with Crippen molar-refractivity contribution in [3.8, 4) is 0 Å². The first-order valence-corrected chi connectivity index (χ1v) is 7.16. The van der Waals surface area contributed by atoms with Crippen LogP contribution in [0.4, 0.5) is 0 Å². The Labute approximate surface area is 115 Å². The molecule has 1 unspecified atom stereocenters. The van der Waals surface area contributed by atoms with E-state index >= 15 is 0 Å². The summed E-state index contributed by atoms with van der Waals surface area (Å²) < 4.78 is 5.18. The summed E-state index contributed by atoms with van der Waals surface area (Å²) >= 11 is 1.18. The molecule has 1 heterocycles. The first-order valence-electron chi connectivity index (χ1n) is 6.01. The average molecular weight is 290 g/mol. The summed E-state index contributed by atoms with van der Waals surface area (Å²) in [6.07, 6.45) is 1.96. The zero-order valence-corrected chi connectivity index (χ0v) is 11.3. The molecule has 108 valence electrons. The van der Waals surface area contributed by atoms with Gasteiger partial charge in [-0.15, -0.1) is 11.8 Å². The average Bonchev–Trinajstić information content (AvgIpc) is 2.38. The monoisotopic (exact) mass is 290 g/mol. The molecule has 8 heteroatoms. The van der Waals surface area contributed by atoms with E-state index in [2.05, 4.69) is 10.6 Å². The third-order valence-corrected chi connectivity index (χ3v) is 3.71. The summed E-state index contributed by atoms with van der Waals surface area (Å²) in [7, 11) is 0. The summed E-state index contributed by atoms with van der Waals surface area (Å²) in [5, 5.41) is 13.8. The van der Waals surface area contributed by atoms with Gasteiger partial charge in [-0.3, -0.25) is 9.59 Å². The van der Waals surface area contributed by atoms with Gasteiger partial charge in [0.15, 0.2) is 0 Å². The van der Waals surface area contributed by atoms with Gasteiger partial charge in [0, 0.05) is 25.0 Å². The SMILES string of the molecule is O=CNC(CSCC(=O)NC1CCOCC1)C(=O)O. The Morgan fingerprint density at radius 1 is 1.42 bits per heavy atom. The summed E-state index contributed by atoms with van der Waals surface area (Å²) in [4.78, 5) is 32.5. The second-order valence-corrected chi connectivity index (χ2v) is 5.17. The van der Waals surface area contributed by atoms with E-state index in [1.807, 2.05) is 0 Å². The molecule has 0 aromatic heterocycles. The molecule has 0 saturated carbocycles. The van der Waals surface area contributed by atoms with E-state index in [4.69, 9.17) is 9.84 Å². The first kappa shape index (κ1) is 15.8. The summed E-state index contributed by atoms with van der Waals surface area (Å²) in [6, 6.07) is -0.816. The molecular weight excluding hydrogens is 272 g/mol. The van der Waals surface area contributed by atoms with Crippen molar-refractivity contribution in [2.75, 3.05) is 24.7 Å². The maximum atomic E-state index is 11.6. The number of thioether (sulfide) groups is 1. The molecular formula is C11H18N2O5S. The van der Waals surface area contributed by atoms with Crippen molar-refractivity contribution >= 4 is 30.0 Å². The van der Waals surface area contributed by atoms with Crippen LogP contribution < -0.4 is 10.6 Å². The number of carbonyl (C=O) groups is 3. The molecule has 0 spiro atoms. The van der Waals surface area contributed by atoms with Gasteiger partial charge < -0.3 is 20.5 Å². The number of carboxylic acid groups (broad SMARTS) is 1. The molecule has 0 aromatic carbocycles. The largest absolute Gasteiger partial charge is 0.480 e. The van der Waals surface area contributed by atoms with Gasteiger partial charge in [-0.2, -0.15) is 0 Å². The molecule has 1 fully saturated rings. The Morgan fingerprint density at radius 3 is 2.68 bits per heavy atom. The molecule has 0 bridgehead atoms. The molecule has 1 aliphatic heterocycles.